The second-order valence-electron chi connectivity index (χ2n) is 6.07. The van der Waals surface area contributed by atoms with E-state index in [4.69, 9.17) is 0 Å². The topological polar surface area (TPSA) is 69.3 Å². The highest BCUT2D eigenvalue weighted by molar-refractivity contribution is 5.94. The molecule has 1 aliphatic rings. The normalized spacial score (nSPS) is 15.2. The largest absolute Gasteiger partial charge is 0.340 e. The lowest BCUT2D eigenvalue weighted by atomic mass is 10.2. The summed E-state index contributed by atoms with van der Waals surface area (Å²) >= 11 is 0. The van der Waals surface area contributed by atoms with Crippen LogP contribution in [0.2, 0.25) is 0 Å². The first-order chi connectivity index (χ1) is 11.1. The molecule has 1 N–H and O–H groups in total. The zero-order valence-electron chi connectivity index (χ0n) is 13.4. The Hall–Kier alpha value is -2.21. The second-order valence-corrected chi connectivity index (χ2v) is 6.07. The Kier molecular flexibility index (Phi) is 4.71. The van der Waals surface area contributed by atoms with Gasteiger partial charge in [-0.1, -0.05) is 6.07 Å². The van der Waals surface area contributed by atoms with E-state index >= 15 is 0 Å². The number of nitrogens with one attached hydrogen (secondary N) is 1. The average molecular weight is 314 g/mol. The second kappa shape index (κ2) is 6.91. The van der Waals surface area contributed by atoms with Crippen LogP contribution in [0.5, 0.6) is 0 Å². The molecule has 1 aliphatic heterocycles. The summed E-state index contributed by atoms with van der Waals surface area (Å²) < 4.78 is 0. The van der Waals surface area contributed by atoms with Crippen LogP contribution in [0.15, 0.2) is 29.2 Å². The Morgan fingerprint density at radius 1 is 1.30 bits per heavy atom. The number of aromatic nitrogens is 2. The zero-order chi connectivity index (χ0) is 16.2. The molecule has 0 bridgehead atoms. The van der Waals surface area contributed by atoms with Crippen LogP contribution in [0.1, 0.15) is 29.8 Å². The van der Waals surface area contributed by atoms with Crippen molar-refractivity contribution < 1.29 is 4.79 Å². The van der Waals surface area contributed by atoms with E-state index in [2.05, 4.69) is 14.9 Å². The first-order valence-corrected chi connectivity index (χ1v) is 8.11. The summed E-state index contributed by atoms with van der Waals surface area (Å²) in [6.45, 7) is 4.07. The van der Waals surface area contributed by atoms with E-state index in [0.717, 1.165) is 18.4 Å². The molecule has 6 heteroatoms. The number of likely N-dealkylation sites (tertiary alicyclic amines) is 1. The van der Waals surface area contributed by atoms with Crippen molar-refractivity contribution in [2.45, 2.75) is 19.3 Å². The third-order valence-corrected chi connectivity index (χ3v) is 4.35. The Morgan fingerprint density at radius 3 is 2.87 bits per heavy atom. The van der Waals surface area contributed by atoms with Crippen molar-refractivity contribution in [2.75, 3.05) is 33.2 Å². The van der Waals surface area contributed by atoms with Crippen LogP contribution in [-0.4, -0.2) is 58.9 Å². The van der Waals surface area contributed by atoms with Crippen LogP contribution in [0.4, 0.5) is 0 Å². The molecule has 3 rings (SSSR count). The van der Waals surface area contributed by atoms with Crippen molar-refractivity contribution in [3.63, 3.8) is 0 Å². The molecule has 0 spiro atoms. The van der Waals surface area contributed by atoms with E-state index in [1.165, 1.54) is 25.9 Å². The van der Waals surface area contributed by atoms with Gasteiger partial charge in [0.2, 0.25) is 0 Å². The van der Waals surface area contributed by atoms with Crippen LogP contribution in [0.3, 0.4) is 0 Å². The summed E-state index contributed by atoms with van der Waals surface area (Å²) in [5, 5.41) is 0.738. The molecule has 1 amide bonds. The summed E-state index contributed by atoms with van der Waals surface area (Å²) in [7, 11) is 1.79. The Morgan fingerprint density at radius 2 is 2.09 bits per heavy atom. The number of carbonyl (C=O) groups is 1. The first-order valence-electron chi connectivity index (χ1n) is 8.11. The fourth-order valence-corrected chi connectivity index (χ4v) is 3.02. The maximum absolute atomic E-state index is 12.5. The monoisotopic (exact) mass is 314 g/mol. The van der Waals surface area contributed by atoms with Gasteiger partial charge in [0, 0.05) is 25.2 Å². The van der Waals surface area contributed by atoms with Crippen molar-refractivity contribution in [3.05, 3.63) is 40.4 Å². The lowest BCUT2D eigenvalue weighted by Crippen LogP contribution is -2.31. The van der Waals surface area contributed by atoms with Crippen LogP contribution >= 0.6 is 0 Å². The van der Waals surface area contributed by atoms with Crippen LogP contribution in [0, 0.1) is 0 Å². The van der Waals surface area contributed by atoms with Crippen molar-refractivity contribution in [3.8, 4) is 0 Å². The third kappa shape index (κ3) is 3.59. The van der Waals surface area contributed by atoms with Gasteiger partial charge in [0.15, 0.2) is 0 Å². The molecule has 0 atom stereocenters. The van der Waals surface area contributed by atoms with Gasteiger partial charge in [-0.15, -0.1) is 0 Å². The van der Waals surface area contributed by atoms with E-state index in [9.17, 15) is 9.59 Å². The van der Waals surface area contributed by atoms with Crippen molar-refractivity contribution in [1.82, 2.24) is 19.8 Å². The molecule has 0 saturated carbocycles. The highest BCUT2D eigenvalue weighted by Gasteiger charge is 2.16. The number of H-pyrrole nitrogens is 1. The van der Waals surface area contributed by atoms with Crippen LogP contribution in [0.25, 0.3) is 10.9 Å². The highest BCUT2D eigenvalue weighted by Crippen LogP contribution is 2.10. The molecule has 0 aromatic carbocycles. The Balaban J connectivity index is 1.64. The molecule has 1 saturated heterocycles. The molecule has 2 aromatic rings. The summed E-state index contributed by atoms with van der Waals surface area (Å²) in [5.41, 5.74) is 0.357. The van der Waals surface area contributed by atoms with Gasteiger partial charge in [-0.2, -0.15) is 0 Å². The molecular formula is C17H22N4O2. The molecule has 2 aromatic heterocycles. The quantitative estimate of drug-likeness (QED) is 0.907. The molecule has 23 heavy (non-hydrogen) atoms. The van der Waals surface area contributed by atoms with E-state index < -0.39 is 0 Å². The smallest absolute Gasteiger partial charge is 0.274 e. The molecule has 0 unspecified atom stereocenters. The molecule has 0 aliphatic carbocycles. The molecule has 1 fully saturated rings. The number of hydrogen-bond acceptors (Lipinski definition) is 4. The SMILES string of the molecule is CN(CCCN1CCCC1)C(=O)c1ccc2cc[nH]c(=O)c2n1. The predicted molar refractivity (Wildman–Crippen MR) is 89.6 cm³/mol. The Bertz CT molecular complexity index is 750. The minimum Gasteiger partial charge on any atom is -0.340 e. The Labute approximate surface area is 135 Å². The van der Waals surface area contributed by atoms with Crippen molar-refractivity contribution in [1.29, 1.82) is 0 Å². The minimum absolute atomic E-state index is 0.142. The van der Waals surface area contributed by atoms with Gasteiger partial charge >= 0.3 is 0 Å². The lowest BCUT2D eigenvalue weighted by molar-refractivity contribution is 0.0784. The van der Waals surface area contributed by atoms with E-state index in [1.807, 2.05) is 0 Å². The third-order valence-electron chi connectivity index (χ3n) is 4.35. The summed E-state index contributed by atoms with van der Waals surface area (Å²) in [4.78, 5) is 35.2. The van der Waals surface area contributed by atoms with Gasteiger partial charge in [0.05, 0.1) is 0 Å². The lowest BCUT2D eigenvalue weighted by Gasteiger charge is -2.19. The number of carbonyl (C=O) groups excluding carboxylic acids is 1. The van der Waals surface area contributed by atoms with E-state index in [1.54, 1.807) is 36.3 Å². The van der Waals surface area contributed by atoms with Gasteiger partial charge in [-0.05, 0) is 51.0 Å². The number of amides is 1. The van der Waals surface area contributed by atoms with Gasteiger partial charge in [-0.25, -0.2) is 4.98 Å². The van der Waals surface area contributed by atoms with Gasteiger partial charge < -0.3 is 14.8 Å². The number of aromatic amines is 1. The molecule has 0 radical (unpaired) electrons. The fraction of sp³-hybridized carbons (Fsp3) is 0.471. The molecule has 6 nitrogen and oxygen atoms in total. The number of hydrogen-bond donors (Lipinski definition) is 1. The maximum Gasteiger partial charge on any atom is 0.274 e. The summed E-state index contributed by atoms with van der Waals surface area (Å²) in [5.74, 6) is -0.142. The van der Waals surface area contributed by atoms with Crippen LogP contribution < -0.4 is 5.56 Å². The fourth-order valence-electron chi connectivity index (χ4n) is 3.02. The minimum atomic E-state index is -0.270. The first kappa shape index (κ1) is 15.7. The van der Waals surface area contributed by atoms with Gasteiger partial charge in [-0.3, -0.25) is 9.59 Å². The van der Waals surface area contributed by atoms with Gasteiger partial charge in [0.25, 0.3) is 11.5 Å². The number of fused-ring (bicyclic) bond motifs is 1. The summed E-state index contributed by atoms with van der Waals surface area (Å²) in [6.07, 6.45) is 5.10. The van der Waals surface area contributed by atoms with E-state index in [0.29, 0.717) is 17.8 Å². The van der Waals surface area contributed by atoms with Gasteiger partial charge in [0.1, 0.15) is 11.2 Å². The van der Waals surface area contributed by atoms with Crippen molar-refractivity contribution in [2.24, 2.45) is 0 Å². The molecular weight excluding hydrogens is 292 g/mol. The predicted octanol–water partition coefficient (Wildman–Crippen LogP) is 1.48. The standard InChI is InChI=1S/C17H22N4O2/c1-20(9-4-12-21-10-2-3-11-21)17(23)14-6-5-13-7-8-18-16(22)15(13)19-14/h5-8H,2-4,9-12H2,1H3,(H,18,22). The van der Waals surface area contributed by atoms with Crippen LogP contribution in [-0.2, 0) is 0 Å². The highest BCUT2D eigenvalue weighted by atomic mass is 16.2. The number of nitrogens with zero attached hydrogens (tertiary/aromatic N) is 3. The number of pyridine rings is 2. The number of rotatable bonds is 5. The average Bonchev–Trinajstić information content (AvgIpc) is 3.07. The van der Waals surface area contributed by atoms with Crippen molar-refractivity contribution >= 4 is 16.8 Å². The zero-order valence-corrected chi connectivity index (χ0v) is 13.4. The van der Waals surface area contributed by atoms with E-state index in [-0.39, 0.29) is 11.5 Å². The maximum atomic E-state index is 12.5. The molecule has 122 valence electrons. The molecule has 3 heterocycles. The summed E-state index contributed by atoms with van der Waals surface area (Å²) in [6, 6.07) is 5.22.